The number of aromatic nitrogens is 2. The summed E-state index contributed by atoms with van der Waals surface area (Å²) in [6.45, 7) is 1.79. The highest BCUT2D eigenvalue weighted by Crippen LogP contribution is 2.17. The van der Waals surface area contributed by atoms with E-state index in [1.54, 1.807) is 20.0 Å². The Morgan fingerprint density at radius 1 is 1.40 bits per heavy atom. The van der Waals surface area contributed by atoms with E-state index < -0.39 is 15.9 Å². The predicted molar refractivity (Wildman–Crippen MR) is 74.0 cm³/mol. The maximum atomic E-state index is 12.0. The van der Waals surface area contributed by atoms with Gasteiger partial charge in [0.15, 0.2) is 0 Å². The second-order valence-corrected chi connectivity index (χ2v) is 6.34. The average Bonchev–Trinajstić information content (AvgIpc) is 2.79. The number of sulfonamides is 1. The number of aryl methyl sites for hydroxylation is 2. The molecule has 1 heterocycles. The number of nitrogens with one attached hydrogen (secondary N) is 1. The van der Waals surface area contributed by atoms with Crippen molar-refractivity contribution in [2.75, 3.05) is 0 Å². The largest absolute Gasteiger partial charge is 0.274 e. The summed E-state index contributed by atoms with van der Waals surface area (Å²) in [6, 6.07) is 4.58. The molecule has 8 heteroatoms. The number of halogens is 1. The van der Waals surface area contributed by atoms with Crippen molar-refractivity contribution in [3.8, 4) is 0 Å². The van der Waals surface area contributed by atoms with Gasteiger partial charge < -0.3 is 0 Å². The van der Waals surface area contributed by atoms with Crippen LogP contribution >= 0.6 is 11.6 Å². The van der Waals surface area contributed by atoms with Gasteiger partial charge in [0.2, 0.25) is 0 Å². The van der Waals surface area contributed by atoms with Crippen LogP contribution in [0.4, 0.5) is 0 Å². The Labute approximate surface area is 121 Å². The summed E-state index contributed by atoms with van der Waals surface area (Å²) in [5.74, 6) is -0.740. The number of benzene rings is 1. The molecule has 1 N–H and O–H groups in total. The fourth-order valence-corrected chi connectivity index (χ4v) is 2.65. The fourth-order valence-electron chi connectivity index (χ4n) is 1.51. The van der Waals surface area contributed by atoms with Gasteiger partial charge in [-0.05, 0) is 24.6 Å². The lowest BCUT2D eigenvalue weighted by Gasteiger charge is -2.06. The van der Waals surface area contributed by atoms with E-state index in [0.717, 1.165) is 11.8 Å². The predicted octanol–water partition coefficient (Wildman–Crippen LogP) is 1.50. The van der Waals surface area contributed by atoms with Gasteiger partial charge in [0.1, 0.15) is 4.90 Å². The van der Waals surface area contributed by atoms with Crippen LogP contribution in [-0.4, -0.2) is 24.1 Å². The molecule has 0 atom stereocenters. The molecule has 0 fully saturated rings. The molecule has 0 radical (unpaired) electrons. The molecule has 0 saturated carbocycles. The molecule has 6 nitrogen and oxygen atoms in total. The number of rotatable bonds is 3. The topological polar surface area (TPSA) is 81.1 Å². The summed E-state index contributed by atoms with van der Waals surface area (Å²) in [4.78, 5) is 11.9. The van der Waals surface area contributed by atoms with E-state index in [1.165, 1.54) is 23.0 Å². The van der Waals surface area contributed by atoms with Crippen LogP contribution in [0.2, 0.25) is 5.02 Å². The summed E-state index contributed by atoms with van der Waals surface area (Å²) in [7, 11) is -2.35. The van der Waals surface area contributed by atoms with E-state index in [1.807, 2.05) is 4.72 Å². The maximum absolute atomic E-state index is 12.0. The van der Waals surface area contributed by atoms with Crippen molar-refractivity contribution in [3.63, 3.8) is 0 Å². The Balaban J connectivity index is 2.25. The lowest BCUT2D eigenvalue weighted by Crippen LogP contribution is -2.30. The smallest absolute Gasteiger partial charge is 0.267 e. The van der Waals surface area contributed by atoms with Crippen LogP contribution in [0.5, 0.6) is 0 Å². The van der Waals surface area contributed by atoms with E-state index >= 15 is 0 Å². The van der Waals surface area contributed by atoms with E-state index in [4.69, 9.17) is 11.6 Å². The van der Waals surface area contributed by atoms with Gasteiger partial charge in [0.05, 0.1) is 6.20 Å². The molecule has 0 bridgehead atoms. The van der Waals surface area contributed by atoms with Crippen molar-refractivity contribution in [1.82, 2.24) is 14.5 Å². The molecule has 0 aliphatic rings. The Morgan fingerprint density at radius 2 is 2.10 bits per heavy atom. The second-order valence-electron chi connectivity index (χ2n) is 4.25. The highest BCUT2D eigenvalue weighted by Gasteiger charge is 2.20. The number of amides is 1. The fraction of sp³-hybridized carbons (Fsp3) is 0.167. The van der Waals surface area contributed by atoms with Gasteiger partial charge in [-0.2, -0.15) is 5.10 Å². The summed E-state index contributed by atoms with van der Waals surface area (Å²) >= 11 is 5.91. The zero-order valence-electron chi connectivity index (χ0n) is 10.8. The number of hydrogen-bond acceptors (Lipinski definition) is 4. The van der Waals surface area contributed by atoms with E-state index in [9.17, 15) is 13.2 Å². The normalized spacial score (nSPS) is 11.3. The molecule has 0 spiro atoms. The third-order valence-corrected chi connectivity index (χ3v) is 4.35. The van der Waals surface area contributed by atoms with Crippen LogP contribution < -0.4 is 4.72 Å². The van der Waals surface area contributed by atoms with Crippen molar-refractivity contribution in [2.45, 2.75) is 11.8 Å². The van der Waals surface area contributed by atoms with Gasteiger partial charge in [-0.15, -0.1) is 0 Å². The van der Waals surface area contributed by atoms with Gasteiger partial charge in [0, 0.05) is 23.8 Å². The number of carbonyl (C=O) groups excluding carboxylic acids is 1. The van der Waals surface area contributed by atoms with Crippen molar-refractivity contribution >= 4 is 27.5 Å². The highest BCUT2D eigenvalue weighted by atomic mass is 35.5. The Morgan fingerprint density at radius 3 is 2.65 bits per heavy atom. The third kappa shape index (κ3) is 3.00. The van der Waals surface area contributed by atoms with Gasteiger partial charge in [0.25, 0.3) is 15.9 Å². The van der Waals surface area contributed by atoms with E-state index in [0.29, 0.717) is 5.02 Å². The monoisotopic (exact) mass is 313 g/mol. The summed E-state index contributed by atoms with van der Waals surface area (Å²) in [5, 5.41) is 4.15. The lowest BCUT2D eigenvalue weighted by molar-refractivity contribution is 0.0981. The minimum atomic E-state index is -3.94. The van der Waals surface area contributed by atoms with Gasteiger partial charge in [-0.25, -0.2) is 13.1 Å². The van der Waals surface area contributed by atoms with Crippen LogP contribution in [0, 0.1) is 6.92 Å². The van der Waals surface area contributed by atoms with E-state index in [2.05, 4.69) is 5.10 Å². The van der Waals surface area contributed by atoms with Crippen molar-refractivity contribution < 1.29 is 13.2 Å². The minimum absolute atomic E-state index is 0.0773. The Hall–Kier alpha value is -1.86. The van der Waals surface area contributed by atoms with Gasteiger partial charge in [-0.3, -0.25) is 9.48 Å². The molecule has 0 unspecified atom stereocenters. The third-order valence-electron chi connectivity index (χ3n) is 2.65. The van der Waals surface area contributed by atoms with Crippen LogP contribution in [0.15, 0.2) is 35.5 Å². The van der Waals surface area contributed by atoms with Crippen molar-refractivity contribution in [3.05, 3.63) is 46.7 Å². The minimum Gasteiger partial charge on any atom is -0.274 e. The molecule has 2 rings (SSSR count). The molecule has 0 aliphatic heterocycles. The second kappa shape index (κ2) is 5.26. The average molecular weight is 314 g/mol. The van der Waals surface area contributed by atoms with Gasteiger partial charge >= 0.3 is 0 Å². The standard InChI is InChI=1S/C12H12ClN3O3S/c1-8-3-4-9(5-11(8)13)12(17)15-20(18,19)10-6-14-16(2)7-10/h3-7H,1-2H3,(H,15,17). The molecule has 1 aromatic heterocycles. The summed E-state index contributed by atoms with van der Waals surface area (Å²) in [6.07, 6.45) is 2.47. The first-order valence-electron chi connectivity index (χ1n) is 5.61. The first kappa shape index (κ1) is 14.5. The molecule has 106 valence electrons. The lowest BCUT2D eigenvalue weighted by atomic mass is 10.1. The first-order valence-corrected chi connectivity index (χ1v) is 7.47. The molecular weight excluding hydrogens is 302 g/mol. The molecule has 0 saturated heterocycles. The van der Waals surface area contributed by atoms with Crippen molar-refractivity contribution in [2.24, 2.45) is 7.05 Å². The highest BCUT2D eigenvalue weighted by molar-refractivity contribution is 7.90. The molecule has 2 aromatic rings. The van der Waals surface area contributed by atoms with Crippen LogP contribution in [0.25, 0.3) is 0 Å². The Bertz CT molecular complexity index is 768. The molecule has 1 aromatic carbocycles. The SMILES string of the molecule is Cc1ccc(C(=O)NS(=O)(=O)c2cnn(C)c2)cc1Cl. The summed E-state index contributed by atoms with van der Waals surface area (Å²) < 4.78 is 27.2. The zero-order chi connectivity index (χ0) is 14.9. The maximum Gasteiger partial charge on any atom is 0.267 e. The first-order chi connectivity index (χ1) is 9.29. The molecule has 20 heavy (non-hydrogen) atoms. The van der Waals surface area contributed by atoms with Crippen LogP contribution in [0.3, 0.4) is 0 Å². The zero-order valence-corrected chi connectivity index (χ0v) is 12.4. The van der Waals surface area contributed by atoms with Crippen molar-refractivity contribution in [1.29, 1.82) is 0 Å². The number of hydrogen-bond donors (Lipinski definition) is 1. The van der Waals surface area contributed by atoms with Crippen LogP contribution in [-0.2, 0) is 17.1 Å². The Kier molecular flexibility index (Phi) is 3.82. The summed E-state index contributed by atoms with van der Waals surface area (Å²) in [5.41, 5.74) is 0.978. The van der Waals surface area contributed by atoms with Gasteiger partial charge in [-0.1, -0.05) is 17.7 Å². The quantitative estimate of drug-likeness (QED) is 0.931. The van der Waals surface area contributed by atoms with Crippen LogP contribution in [0.1, 0.15) is 15.9 Å². The molecule has 1 amide bonds. The molecule has 0 aliphatic carbocycles. The number of nitrogens with zero attached hydrogens (tertiary/aromatic N) is 2. The van der Waals surface area contributed by atoms with E-state index in [-0.39, 0.29) is 10.5 Å². The molecular formula is C12H12ClN3O3S. The number of carbonyl (C=O) groups is 1.